The highest BCUT2D eigenvalue weighted by Gasteiger charge is 2.51. The van der Waals surface area contributed by atoms with E-state index in [2.05, 4.69) is 245 Å². The van der Waals surface area contributed by atoms with Gasteiger partial charge in [-0.3, -0.25) is 0 Å². The molecule has 62 heavy (non-hydrogen) atoms. The van der Waals surface area contributed by atoms with Gasteiger partial charge in [-0.2, -0.15) is 0 Å². The van der Waals surface area contributed by atoms with E-state index in [4.69, 9.17) is 0 Å². The molecule has 1 nitrogen and oxygen atoms in total. The quantitative estimate of drug-likeness (QED) is 0.162. The van der Waals surface area contributed by atoms with Crippen LogP contribution in [0.5, 0.6) is 0 Å². The zero-order valence-electron chi connectivity index (χ0n) is 35.7. The summed E-state index contributed by atoms with van der Waals surface area (Å²) in [6.45, 7) is 9.66. The molecular formula is C61H47N. The molecule has 3 aliphatic rings. The van der Waals surface area contributed by atoms with Gasteiger partial charge in [0.05, 0.1) is 11.1 Å². The summed E-state index contributed by atoms with van der Waals surface area (Å²) < 4.78 is 0. The molecule has 0 N–H and O–H groups in total. The lowest BCUT2D eigenvalue weighted by molar-refractivity contribution is 0.631. The summed E-state index contributed by atoms with van der Waals surface area (Å²) >= 11 is 0. The third kappa shape index (κ3) is 4.97. The molecule has 0 fully saturated rings. The van der Waals surface area contributed by atoms with Gasteiger partial charge < -0.3 is 4.90 Å². The van der Waals surface area contributed by atoms with Crippen LogP contribution < -0.4 is 4.90 Å². The summed E-state index contributed by atoms with van der Waals surface area (Å²) in [5.74, 6) is 0. The van der Waals surface area contributed by atoms with Gasteiger partial charge >= 0.3 is 0 Å². The van der Waals surface area contributed by atoms with E-state index in [0.717, 1.165) is 11.4 Å². The molecule has 0 saturated heterocycles. The molecule has 0 atom stereocenters. The molecule has 296 valence electrons. The molecule has 0 saturated carbocycles. The SMILES string of the molecule is CC1(C)c2ccccc2-c2ccc(N(c3ccc(-c4ccccc4)cc3)c3ccc(C4(c5ccccc5)c5ccccc5-c5ccccc54)c4c3-c3ccccc3C4(C)C)cc21. The molecule has 0 radical (unpaired) electrons. The van der Waals surface area contributed by atoms with Crippen LogP contribution in [0.3, 0.4) is 0 Å². The van der Waals surface area contributed by atoms with E-state index in [1.807, 2.05) is 0 Å². The Morgan fingerprint density at radius 1 is 0.323 bits per heavy atom. The van der Waals surface area contributed by atoms with Gasteiger partial charge in [-0.1, -0.05) is 210 Å². The molecule has 9 aromatic carbocycles. The van der Waals surface area contributed by atoms with Crippen molar-refractivity contribution in [2.45, 2.75) is 43.9 Å². The van der Waals surface area contributed by atoms with Crippen LogP contribution >= 0.6 is 0 Å². The summed E-state index contributed by atoms with van der Waals surface area (Å²) in [4.78, 5) is 2.54. The van der Waals surface area contributed by atoms with Crippen molar-refractivity contribution in [1.82, 2.24) is 0 Å². The fraction of sp³-hybridized carbons (Fsp3) is 0.115. The van der Waals surface area contributed by atoms with Crippen molar-refractivity contribution in [2.24, 2.45) is 0 Å². The molecule has 3 aliphatic carbocycles. The van der Waals surface area contributed by atoms with Crippen LogP contribution in [-0.2, 0) is 16.2 Å². The molecule has 12 rings (SSSR count). The first-order valence-electron chi connectivity index (χ1n) is 22.0. The van der Waals surface area contributed by atoms with Crippen molar-refractivity contribution < 1.29 is 0 Å². The lowest BCUT2D eigenvalue weighted by atomic mass is 9.63. The monoisotopic (exact) mass is 793 g/mol. The van der Waals surface area contributed by atoms with Crippen LogP contribution in [0.15, 0.2) is 212 Å². The second kappa shape index (κ2) is 13.4. The second-order valence-corrected chi connectivity index (χ2v) is 18.4. The van der Waals surface area contributed by atoms with E-state index in [-0.39, 0.29) is 10.8 Å². The lowest BCUT2D eigenvalue weighted by Gasteiger charge is -2.39. The topological polar surface area (TPSA) is 3.24 Å². The van der Waals surface area contributed by atoms with E-state index in [9.17, 15) is 0 Å². The Balaban J connectivity index is 1.17. The Kier molecular flexibility index (Phi) is 7.91. The predicted molar refractivity (Wildman–Crippen MR) is 259 cm³/mol. The Morgan fingerprint density at radius 3 is 1.42 bits per heavy atom. The summed E-state index contributed by atoms with van der Waals surface area (Å²) in [7, 11) is 0. The minimum absolute atomic E-state index is 0.142. The zero-order chi connectivity index (χ0) is 41.8. The van der Waals surface area contributed by atoms with E-state index in [0.29, 0.717) is 0 Å². The van der Waals surface area contributed by atoms with Crippen molar-refractivity contribution in [3.63, 3.8) is 0 Å². The Bertz CT molecular complexity index is 3180. The molecule has 0 bridgehead atoms. The van der Waals surface area contributed by atoms with Crippen LogP contribution in [0.4, 0.5) is 17.1 Å². The van der Waals surface area contributed by atoms with Gasteiger partial charge in [0, 0.05) is 27.8 Å². The standard InChI is InChI=1S/C61H47N/c1-59(2)50-27-15-11-23-45(50)48-36-35-44(39-55(48)59)62(43-33-31-41(32-34-43)40-19-7-5-8-20-40)56-38-37-54(58-57(56)49-26-14-16-28-51(49)60(58,3)4)61(42-21-9-6-10-22-42)52-29-17-12-24-46(52)47-25-13-18-30-53(47)61/h5-39H,1-4H3. The fourth-order valence-electron chi connectivity index (χ4n) is 11.8. The summed E-state index contributed by atoms with van der Waals surface area (Å²) in [5, 5.41) is 0. The van der Waals surface area contributed by atoms with Crippen LogP contribution in [-0.4, -0.2) is 0 Å². The van der Waals surface area contributed by atoms with Crippen LogP contribution in [0.1, 0.15) is 72.2 Å². The number of rotatable bonds is 6. The van der Waals surface area contributed by atoms with Gasteiger partial charge in [-0.25, -0.2) is 0 Å². The van der Waals surface area contributed by atoms with Crippen LogP contribution in [0, 0.1) is 0 Å². The highest BCUT2D eigenvalue weighted by molar-refractivity contribution is 5.98. The third-order valence-electron chi connectivity index (χ3n) is 14.5. The van der Waals surface area contributed by atoms with Gasteiger partial charge in [0.2, 0.25) is 0 Å². The van der Waals surface area contributed by atoms with E-state index in [1.165, 1.54) is 94.7 Å². The van der Waals surface area contributed by atoms with Crippen molar-refractivity contribution >= 4 is 17.1 Å². The maximum atomic E-state index is 2.54. The molecule has 0 spiro atoms. The number of nitrogens with zero attached hydrogens (tertiary/aromatic N) is 1. The minimum Gasteiger partial charge on any atom is -0.310 e. The lowest BCUT2D eigenvalue weighted by Crippen LogP contribution is -2.32. The predicted octanol–water partition coefficient (Wildman–Crippen LogP) is 15.8. The van der Waals surface area contributed by atoms with Gasteiger partial charge in [0.25, 0.3) is 0 Å². The number of hydrogen-bond donors (Lipinski definition) is 0. The van der Waals surface area contributed by atoms with Gasteiger partial charge in [0.1, 0.15) is 0 Å². The van der Waals surface area contributed by atoms with Gasteiger partial charge in [-0.05, 0) is 114 Å². The average molecular weight is 794 g/mol. The van der Waals surface area contributed by atoms with Crippen molar-refractivity contribution in [3.8, 4) is 44.5 Å². The minimum atomic E-state index is -0.540. The number of hydrogen-bond acceptors (Lipinski definition) is 1. The molecule has 0 amide bonds. The van der Waals surface area contributed by atoms with Crippen molar-refractivity contribution in [1.29, 1.82) is 0 Å². The Labute approximate surface area is 365 Å². The average Bonchev–Trinajstić information content (AvgIpc) is 3.85. The number of fused-ring (bicyclic) bond motifs is 9. The van der Waals surface area contributed by atoms with Crippen molar-refractivity contribution in [2.75, 3.05) is 4.90 Å². The molecule has 0 aliphatic heterocycles. The maximum Gasteiger partial charge on any atom is 0.0716 e. The van der Waals surface area contributed by atoms with E-state index in [1.54, 1.807) is 0 Å². The second-order valence-electron chi connectivity index (χ2n) is 18.4. The number of anilines is 3. The first-order chi connectivity index (χ1) is 30.3. The highest BCUT2D eigenvalue weighted by atomic mass is 15.1. The largest absolute Gasteiger partial charge is 0.310 e. The van der Waals surface area contributed by atoms with Crippen LogP contribution in [0.2, 0.25) is 0 Å². The summed E-state index contributed by atoms with van der Waals surface area (Å²) in [6.07, 6.45) is 0. The van der Waals surface area contributed by atoms with Crippen LogP contribution in [0.25, 0.3) is 44.5 Å². The van der Waals surface area contributed by atoms with E-state index >= 15 is 0 Å². The summed E-state index contributed by atoms with van der Waals surface area (Å²) in [5.41, 5.74) is 23.5. The first-order valence-corrected chi connectivity index (χ1v) is 22.0. The third-order valence-corrected chi connectivity index (χ3v) is 14.5. The number of benzene rings is 9. The zero-order valence-corrected chi connectivity index (χ0v) is 35.7. The molecule has 9 aromatic rings. The maximum absolute atomic E-state index is 2.54. The molecule has 0 aromatic heterocycles. The smallest absolute Gasteiger partial charge is 0.0716 e. The fourth-order valence-corrected chi connectivity index (χ4v) is 11.8. The molecular weight excluding hydrogens is 747 g/mol. The highest BCUT2D eigenvalue weighted by Crippen LogP contribution is 2.63. The Morgan fingerprint density at radius 2 is 0.790 bits per heavy atom. The Hall–Kier alpha value is -7.22. The van der Waals surface area contributed by atoms with E-state index < -0.39 is 5.41 Å². The summed E-state index contributed by atoms with van der Waals surface area (Å²) in [6, 6.07) is 79.7. The molecule has 0 heterocycles. The van der Waals surface area contributed by atoms with Gasteiger partial charge in [0.15, 0.2) is 0 Å². The normalized spacial score (nSPS) is 15.2. The molecule has 0 unspecified atom stereocenters. The molecule has 1 heteroatoms. The van der Waals surface area contributed by atoms with Gasteiger partial charge in [-0.15, -0.1) is 0 Å². The van der Waals surface area contributed by atoms with Crippen molar-refractivity contribution in [3.05, 3.63) is 257 Å². The first kappa shape index (κ1) is 36.6.